The van der Waals surface area contributed by atoms with Gasteiger partial charge in [-0.15, -0.1) is 0 Å². The molecule has 3 heteroatoms. The number of piperidine rings is 1. The van der Waals surface area contributed by atoms with Crippen LogP contribution in [0.2, 0.25) is 0 Å². The van der Waals surface area contributed by atoms with E-state index in [0.29, 0.717) is 6.04 Å². The average molecular weight is 256 g/mol. The molecule has 2 heterocycles. The molecule has 2 aliphatic heterocycles. The van der Waals surface area contributed by atoms with Gasteiger partial charge in [0.1, 0.15) is 0 Å². The number of hydrogen-bond acceptors (Lipinski definition) is 3. The molecule has 2 aliphatic rings. The molecule has 2 unspecified atom stereocenters. The molecule has 2 atom stereocenters. The van der Waals surface area contributed by atoms with Crippen LogP contribution in [0.25, 0.3) is 0 Å². The third kappa shape index (κ3) is 3.62. The van der Waals surface area contributed by atoms with Gasteiger partial charge in [0.2, 0.25) is 0 Å². The summed E-state index contributed by atoms with van der Waals surface area (Å²) in [5, 5.41) is 0. The molecular formula is C14H28N2S. The molecule has 0 aromatic carbocycles. The summed E-state index contributed by atoms with van der Waals surface area (Å²) in [5.74, 6) is 4.56. The Morgan fingerprint density at radius 2 is 2.06 bits per heavy atom. The second-order valence-electron chi connectivity index (χ2n) is 5.69. The molecule has 2 N–H and O–H groups in total. The maximum Gasteiger partial charge on any atom is 0.0254 e. The summed E-state index contributed by atoms with van der Waals surface area (Å²) in [5.41, 5.74) is 6.03. The van der Waals surface area contributed by atoms with Crippen LogP contribution < -0.4 is 5.73 Å². The van der Waals surface area contributed by atoms with E-state index in [9.17, 15) is 0 Å². The molecule has 0 spiro atoms. The molecule has 2 saturated heterocycles. The van der Waals surface area contributed by atoms with Crippen molar-refractivity contribution in [3.8, 4) is 0 Å². The molecule has 100 valence electrons. The molecule has 2 rings (SSSR count). The van der Waals surface area contributed by atoms with Crippen molar-refractivity contribution in [3.05, 3.63) is 0 Å². The van der Waals surface area contributed by atoms with E-state index in [-0.39, 0.29) is 0 Å². The van der Waals surface area contributed by atoms with Crippen molar-refractivity contribution in [1.29, 1.82) is 0 Å². The van der Waals surface area contributed by atoms with Gasteiger partial charge < -0.3 is 5.73 Å². The topological polar surface area (TPSA) is 29.3 Å². The summed E-state index contributed by atoms with van der Waals surface area (Å²) < 4.78 is 0. The highest BCUT2D eigenvalue weighted by Gasteiger charge is 2.31. The SMILES string of the molecule is CCCC1CCN(C(CN)C2CCSC2)CC1. The van der Waals surface area contributed by atoms with Gasteiger partial charge in [-0.2, -0.15) is 11.8 Å². The lowest BCUT2D eigenvalue weighted by Crippen LogP contribution is -2.49. The van der Waals surface area contributed by atoms with Gasteiger partial charge in [0.15, 0.2) is 0 Å². The molecule has 0 amide bonds. The van der Waals surface area contributed by atoms with E-state index in [1.165, 1.54) is 56.7 Å². The number of nitrogens with zero attached hydrogens (tertiary/aromatic N) is 1. The molecule has 0 aromatic heterocycles. The summed E-state index contributed by atoms with van der Waals surface area (Å²) in [7, 11) is 0. The predicted molar refractivity (Wildman–Crippen MR) is 77.5 cm³/mol. The molecule has 0 aromatic rings. The second kappa shape index (κ2) is 7.01. The minimum Gasteiger partial charge on any atom is -0.329 e. The Bertz CT molecular complexity index is 208. The van der Waals surface area contributed by atoms with Gasteiger partial charge >= 0.3 is 0 Å². The highest BCUT2D eigenvalue weighted by Crippen LogP contribution is 2.31. The van der Waals surface area contributed by atoms with E-state index < -0.39 is 0 Å². The number of thioether (sulfide) groups is 1. The number of likely N-dealkylation sites (tertiary alicyclic amines) is 1. The monoisotopic (exact) mass is 256 g/mol. The maximum absolute atomic E-state index is 6.03. The highest BCUT2D eigenvalue weighted by molar-refractivity contribution is 7.99. The van der Waals surface area contributed by atoms with Crippen molar-refractivity contribution in [3.63, 3.8) is 0 Å². The van der Waals surface area contributed by atoms with E-state index in [0.717, 1.165) is 18.4 Å². The van der Waals surface area contributed by atoms with Gasteiger partial charge in [-0.25, -0.2) is 0 Å². The molecule has 2 nitrogen and oxygen atoms in total. The fourth-order valence-electron chi connectivity index (χ4n) is 3.48. The van der Waals surface area contributed by atoms with Crippen LogP contribution in [0, 0.1) is 11.8 Å². The van der Waals surface area contributed by atoms with Crippen LogP contribution in [-0.2, 0) is 0 Å². The van der Waals surface area contributed by atoms with Crippen LogP contribution >= 0.6 is 11.8 Å². The Morgan fingerprint density at radius 3 is 2.59 bits per heavy atom. The number of nitrogens with two attached hydrogens (primary N) is 1. The number of hydrogen-bond donors (Lipinski definition) is 1. The normalized spacial score (nSPS) is 29.6. The smallest absolute Gasteiger partial charge is 0.0254 e. The van der Waals surface area contributed by atoms with E-state index >= 15 is 0 Å². The molecular weight excluding hydrogens is 228 g/mol. The molecule has 17 heavy (non-hydrogen) atoms. The summed E-state index contributed by atoms with van der Waals surface area (Å²) in [6, 6.07) is 0.674. The third-order valence-electron chi connectivity index (χ3n) is 4.57. The average Bonchev–Trinajstić information content (AvgIpc) is 2.86. The summed E-state index contributed by atoms with van der Waals surface area (Å²) in [4.78, 5) is 2.70. The first-order valence-corrected chi connectivity index (χ1v) is 8.52. The molecule has 0 aliphatic carbocycles. The second-order valence-corrected chi connectivity index (χ2v) is 6.84. The van der Waals surface area contributed by atoms with Crippen LogP contribution in [0.15, 0.2) is 0 Å². The van der Waals surface area contributed by atoms with E-state index in [1.807, 2.05) is 0 Å². The standard InChI is InChI=1S/C14H28N2S/c1-2-3-12-4-7-16(8-5-12)14(10-15)13-6-9-17-11-13/h12-14H,2-11,15H2,1H3. The third-order valence-corrected chi connectivity index (χ3v) is 5.75. The van der Waals surface area contributed by atoms with Crippen LogP contribution in [0.3, 0.4) is 0 Å². The van der Waals surface area contributed by atoms with Crippen LogP contribution in [0.5, 0.6) is 0 Å². The fraction of sp³-hybridized carbons (Fsp3) is 1.00. The van der Waals surface area contributed by atoms with E-state index in [2.05, 4.69) is 23.6 Å². The highest BCUT2D eigenvalue weighted by atomic mass is 32.2. The fourth-order valence-corrected chi connectivity index (χ4v) is 4.81. The van der Waals surface area contributed by atoms with Gasteiger partial charge in [0, 0.05) is 12.6 Å². The van der Waals surface area contributed by atoms with Crippen molar-refractivity contribution in [2.75, 3.05) is 31.1 Å². The molecule has 2 fully saturated rings. The Labute approximate surface area is 111 Å². The first kappa shape index (κ1) is 13.7. The summed E-state index contributed by atoms with van der Waals surface area (Å²) >= 11 is 2.12. The summed E-state index contributed by atoms with van der Waals surface area (Å²) in [6.07, 6.45) is 6.99. The van der Waals surface area contributed by atoms with Crippen molar-refractivity contribution >= 4 is 11.8 Å². The zero-order valence-electron chi connectivity index (χ0n) is 11.2. The van der Waals surface area contributed by atoms with Crippen LogP contribution in [0.4, 0.5) is 0 Å². The zero-order chi connectivity index (χ0) is 12.1. The molecule has 0 radical (unpaired) electrons. The van der Waals surface area contributed by atoms with E-state index in [4.69, 9.17) is 5.73 Å². The van der Waals surface area contributed by atoms with Gasteiger partial charge in [-0.3, -0.25) is 4.90 Å². The number of rotatable bonds is 5. The lowest BCUT2D eigenvalue weighted by atomic mass is 9.89. The van der Waals surface area contributed by atoms with Gasteiger partial charge in [0.05, 0.1) is 0 Å². The van der Waals surface area contributed by atoms with Crippen LogP contribution in [-0.4, -0.2) is 42.1 Å². The van der Waals surface area contributed by atoms with E-state index in [1.54, 1.807) is 0 Å². The lowest BCUT2D eigenvalue weighted by Gasteiger charge is -2.39. The minimum atomic E-state index is 0.674. The van der Waals surface area contributed by atoms with Gasteiger partial charge in [-0.1, -0.05) is 19.8 Å². The first-order valence-electron chi connectivity index (χ1n) is 7.37. The minimum absolute atomic E-state index is 0.674. The van der Waals surface area contributed by atoms with Crippen LogP contribution in [0.1, 0.15) is 39.0 Å². The molecule has 0 bridgehead atoms. The van der Waals surface area contributed by atoms with Crippen molar-refractivity contribution in [2.24, 2.45) is 17.6 Å². The first-order chi connectivity index (χ1) is 8.35. The maximum atomic E-state index is 6.03. The Kier molecular flexibility index (Phi) is 5.64. The Hall–Kier alpha value is 0.270. The van der Waals surface area contributed by atoms with Crippen molar-refractivity contribution in [2.45, 2.75) is 45.1 Å². The summed E-state index contributed by atoms with van der Waals surface area (Å²) in [6.45, 7) is 5.77. The quantitative estimate of drug-likeness (QED) is 0.820. The zero-order valence-corrected chi connectivity index (χ0v) is 12.1. The van der Waals surface area contributed by atoms with Gasteiger partial charge in [-0.05, 0) is 55.7 Å². The largest absolute Gasteiger partial charge is 0.329 e. The predicted octanol–water partition coefficient (Wildman–Crippen LogP) is 2.58. The Balaban J connectivity index is 1.81. The van der Waals surface area contributed by atoms with Gasteiger partial charge in [0.25, 0.3) is 0 Å². The Morgan fingerprint density at radius 1 is 1.29 bits per heavy atom. The lowest BCUT2D eigenvalue weighted by molar-refractivity contribution is 0.103. The molecule has 0 saturated carbocycles. The van der Waals surface area contributed by atoms with Crippen molar-refractivity contribution < 1.29 is 0 Å². The van der Waals surface area contributed by atoms with Crippen molar-refractivity contribution in [1.82, 2.24) is 4.90 Å².